The summed E-state index contributed by atoms with van der Waals surface area (Å²) in [6, 6.07) is 5.51. The highest BCUT2D eigenvalue weighted by molar-refractivity contribution is 5.25. The van der Waals surface area contributed by atoms with Gasteiger partial charge in [0.15, 0.2) is 0 Å². The molecule has 0 spiro atoms. The topological polar surface area (TPSA) is 40.7 Å². The second-order valence-electron chi connectivity index (χ2n) is 4.47. The molecular formula is C14H18FN3. The number of aromatic amines is 1. The van der Waals surface area contributed by atoms with Gasteiger partial charge < -0.3 is 10.3 Å². The molecule has 0 fully saturated rings. The molecule has 1 aromatic carbocycles. The summed E-state index contributed by atoms with van der Waals surface area (Å²) in [5.74, 6) is 0.817. The van der Waals surface area contributed by atoms with E-state index in [1.54, 1.807) is 19.2 Å². The van der Waals surface area contributed by atoms with Gasteiger partial charge in [0.2, 0.25) is 0 Å². The standard InChI is InChI=1S/C14H18FN3/c1-10-3-4-12(9-13(10)15)11(2)16-6-5-14-17-7-8-18-14/h3-4,7-9,11,16H,5-6H2,1-2H3,(H,17,18). The van der Waals surface area contributed by atoms with Crippen molar-refractivity contribution in [2.24, 2.45) is 0 Å². The Morgan fingerprint density at radius 2 is 2.28 bits per heavy atom. The third kappa shape index (κ3) is 3.17. The Bertz CT molecular complexity index is 494. The highest BCUT2D eigenvalue weighted by atomic mass is 19.1. The number of rotatable bonds is 5. The lowest BCUT2D eigenvalue weighted by Gasteiger charge is -2.14. The number of nitrogens with one attached hydrogen (secondary N) is 2. The number of H-pyrrole nitrogens is 1. The minimum atomic E-state index is -0.146. The Balaban J connectivity index is 1.87. The molecule has 1 heterocycles. The predicted molar refractivity (Wildman–Crippen MR) is 69.8 cm³/mol. The number of imidazole rings is 1. The molecule has 2 aromatic rings. The highest BCUT2D eigenvalue weighted by Gasteiger charge is 2.07. The summed E-state index contributed by atoms with van der Waals surface area (Å²) in [6.45, 7) is 4.62. The Labute approximate surface area is 106 Å². The van der Waals surface area contributed by atoms with Crippen molar-refractivity contribution in [2.75, 3.05) is 6.54 Å². The van der Waals surface area contributed by atoms with Crippen molar-refractivity contribution in [2.45, 2.75) is 26.3 Å². The highest BCUT2D eigenvalue weighted by Crippen LogP contribution is 2.16. The summed E-state index contributed by atoms with van der Waals surface area (Å²) >= 11 is 0. The first-order valence-electron chi connectivity index (χ1n) is 6.14. The molecule has 3 nitrogen and oxygen atoms in total. The molecule has 2 N–H and O–H groups in total. The maximum atomic E-state index is 13.4. The van der Waals surface area contributed by atoms with Crippen LogP contribution in [0.5, 0.6) is 0 Å². The minimum absolute atomic E-state index is 0.134. The number of aryl methyl sites for hydroxylation is 1. The molecule has 0 saturated carbocycles. The smallest absolute Gasteiger partial charge is 0.126 e. The molecule has 0 radical (unpaired) electrons. The van der Waals surface area contributed by atoms with Gasteiger partial charge in [-0.15, -0.1) is 0 Å². The lowest BCUT2D eigenvalue weighted by atomic mass is 10.1. The number of hydrogen-bond donors (Lipinski definition) is 2. The van der Waals surface area contributed by atoms with Crippen LogP contribution in [0.2, 0.25) is 0 Å². The van der Waals surface area contributed by atoms with Gasteiger partial charge in [-0.1, -0.05) is 12.1 Å². The monoisotopic (exact) mass is 247 g/mol. The lowest BCUT2D eigenvalue weighted by molar-refractivity contribution is 0.561. The second kappa shape index (κ2) is 5.78. The van der Waals surface area contributed by atoms with E-state index in [1.807, 2.05) is 25.3 Å². The van der Waals surface area contributed by atoms with Gasteiger partial charge in [-0.2, -0.15) is 0 Å². The van der Waals surface area contributed by atoms with Crippen LogP contribution in [0.1, 0.15) is 29.9 Å². The average Bonchev–Trinajstić information content (AvgIpc) is 2.85. The van der Waals surface area contributed by atoms with Crippen LogP contribution in [-0.4, -0.2) is 16.5 Å². The maximum absolute atomic E-state index is 13.4. The second-order valence-corrected chi connectivity index (χ2v) is 4.47. The van der Waals surface area contributed by atoms with Crippen LogP contribution in [0.15, 0.2) is 30.6 Å². The van der Waals surface area contributed by atoms with Crippen LogP contribution in [-0.2, 0) is 6.42 Å². The predicted octanol–water partition coefficient (Wildman–Crippen LogP) is 2.75. The van der Waals surface area contributed by atoms with E-state index in [9.17, 15) is 4.39 Å². The van der Waals surface area contributed by atoms with Crippen molar-refractivity contribution in [1.29, 1.82) is 0 Å². The lowest BCUT2D eigenvalue weighted by Crippen LogP contribution is -2.21. The quantitative estimate of drug-likeness (QED) is 0.853. The fourth-order valence-corrected chi connectivity index (χ4v) is 1.84. The van der Waals surface area contributed by atoms with Crippen molar-refractivity contribution in [3.05, 3.63) is 53.4 Å². The third-order valence-electron chi connectivity index (χ3n) is 3.06. The zero-order chi connectivity index (χ0) is 13.0. The normalized spacial score (nSPS) is 12.6. The van der Waals surface area contributed by atoms with E-state index in [0.29, 0.717) is 5.56 Å². The van der Waals surface area contributed by atoms with Crippen LogP contribution in [0.25, 0.3) is 0 Å². The van der Waals surface area contributed by atoms with Crippen LogP contribution in [0.3, 0.4) is 0 Å². The molecule has 0 aliphatic carbocycles. The van der Waals surface area contributed by atoms with E-state index < -0.39 is 0 Å². The van der Waals surface area contributed by atoms with Crippen LogP contribution in [0.4, 0.5) is 4.39 Å². The molecule has 0 aliphatic rings. The van der Waals surface area contributed by atoms with Gasteiger partial charge in [-0.05, 0) is 31.0 Å². The number of halogens is 1. The maximum Gasteiger partial charge on any atom is 0.126 e. The minimum Gasteiger partial charge on any atom is -0.349 e. The Hall–Kier alpha value is -1.68. The number of benzene rings is 1. The first kappa shape index (κ1) is 12.8. The zero-order valence-corrected chi connectivity index (χ0v) is 10.7. The molecule has 1 atom stereocenters. The van der Waals surface area contributed by atoms with E-state index in [2.05, 4.69) is 15.3 Å². The van der Waals surface area contributed by atoms with E-state index in [4.69, 9.17) is 0 Å². The van der Waals surface area contributed by atoms with Gasteiger partial charge in [-0.25, -0.2) is 9.37 Å². The van der Waals surface area contributed by atoms with Gasteiger partial charge in [0.25, 0.3) is 0 Å². The molecular weight excluding hydrogens is 229 g/mol. The summed E-state index contributed by atoms with van der Waals surface area (Å²) in [5, 5.41) is 3.36. The van der Waals surface area contributed by atoms with Gasteiger partial charge >= 0.3 is 0 Å². The number of aromatic nitrogens is 2. The van der Waals surface area contributed by atoms with Gasteiger partial charge in [0.1, 0.15) is 11.6 Å². The summed E-state index contributed by atoms with van der Waals surface area (Å²) < 4.78 is 13.4. The van der Waals surface area contributed by atoms with Gasteiger partial charge in [0.05, 0.1) is 0 Å². The first-order valence-corrected chi connectivity index (χ1v) is 6.14. The van der Waals surface area contributed by atoms with Gasteiger partial charge in [0, 0.05) is 31.4 Å². The molecule has 1 aromatic heterocycles. The van der Waals surface area contributed by atoms with Crippen molar-refractivity contribution < 1.29 is 4.39 Å². The number of nitrogens with zero attached hydrogens (tertiary/aromatic N) is 1. The van der Waals surface area contributed by atoms with Crippen molar-refractivity contribution in [3.8, 4) is 0 Å². The average molecular weight is 247 g/mol. The van der Waals surface area contributed by atoms with E-state index >= 15 is 0 Å². The van der Waals surface area contributed by atoms with E-state index in [1.165, 1.54) is 0 Å². The molecule has 0 aliphatic heterocycles. The molecule has 1 unspecified atom stereocenters. The molecule has 0 amide bonds. The van der Waals surface area contributed by atoms with Crippen molar-refractivity contribution in [3.63, 3.8) is 0 Å². The molecule has 4 heteroatoms. The molecule has 0 bridgehead atoms. The summed E-state index contributed by atoms with van der Waals surface area (Å²) in [7, 11) is 0. The van der Waals surface area contributed by atoms with Crippen molar-refractivity contribution >= 4 is 0 Å². The Morgan fingerprint density at radius 1 is 1.44 bits per heavy atom. The molecule has 2 rings (SSSR count). The molecule has 18 heavy (non-hydrogen) atoms. The fourth-order valence-electron chi connectivity index (χ4n) is 1.84. The zero-order valence-electron chi connectivity index (χ0n) is 10.7. The van der Waals surface area contributed by atoms with Crippen LogP contribution >= 0.6 is 0 Å². The number of hydrogen-bond acceptors (Lipinski definition) is 2. The molecule has 96 valence electrons. The largest absolute Gasteiger partial charge is 0.349 e. The van der Waals surface area contributed by atoms with E-state index in [-0.39, 0.29) is 11.9 Å². The van der Waals surface area contributed by atoms with E-state index in [0.717, 1.165) is 24.4 Å². The summed E-state index contributed by atoms with van der Waals surface area (Å²) in [6.07, 6.45) is 4.40. The third-order valence-corrected chi connectivity index (χ3v) is 3.06. The Kier molecular flexibility index (Phi) is 4.10. The van der Waals surface area contributed by atoms with Crippen LogP contribution in [0, 0.1) is 12.7 Å². The summed E-state index contributed by atoms with van der Waals surface area (Å²) in [4.78, 5) is 7.21. The van der Waals surface area contributed by atoms with Crippen molar-refractivity contribution in [1.82, 2.24) is 15.3 Å². The SMILES string of the molecule is Cc1ccc(C(C)NCCc2ncc[nH]2)cc1F. The Morgan fingerprint density at radius 3 is 2.94 bits per heavy atom. The molecule has 0 saturated heterocycles. The van der Waals surface area contributed by atoms with Gasteiger partial charge in [-0.3, -0.25) is 0 Å². The first-order chi connectivity index (χ1) is 8.66. The summed E-state index contributed by atoms with van der Waals surface area (Å²) in [5.41, 5.74) is 1.65. The fraction of sp³-hybridized carbons (Fsp3) is 0.357. The van der Waals surface area contributed by atoms with Crippen LogP contribution < -0.4 is 5.32 Å².